The van der Waals surface area contributed by atoms with Crippen molar-refractivity contribution in [3.05, 3.63) is 0 Å². The standard InChI is InChI=1S/C9H12O2/c10-9-5-1-2-6(9)8-4-11-3-7(5)8/h5-8H,1-4H2/t5-,6+,7+,8-. The van der Waals surface area contributed by atoms with E-state index in [2.05, 4.69) is 0 Å². The van der Waals surface area contributed by atoms with Gasteiger partial charge in [0.15, 0.2) is 0 Å². The van der Waals surface area contributed by atoms with Crippen LogP contribution in [0.5, 0.6) is 0 Å². The van der Waals surface area contributed by atoms with Crippen LogP contribution >= 0.6 is 0 Å². The fraction of sp³-hybridized carbons (Fsp3) is 0.889. The van der Waals surface area contributed by atoms with Crippen LogP contribution in [0, 0.1) is 23.7 Å². The fourth-order valence-electron chi connectivity index (χ4n) is 3.19. The normalized spacial score (nSPS) is 53.6. The molecule has 2 nitrogen and oxygen atoms in total. The molecule has 60 valence electrons. The number of ether oxygens (including phenoxy) is 1. The highest BCUT2D eigenvalue weighted by Crippen LogP contribution is 2.52. The van der Waals surface area contributed by atoms with E-state index in [0.29, 0.717) is 29.5 Å². The van der Waals surface area contributed by atoms with Gasteiger partial charge in [-0.15, -0.1) is 0 Å². The molecule has 0 radical (unpaired) electrons. The lowest BCUT2D eigenvalue weighted by molar-refractivity contribution is -0.122. The second-order valence-electron chi connectivity index (χ2n) is 4.06. The highest BCUT2D eigenvalue weighted by Gasteiger charge is 2.55. The second-order valence-corrected chi connectivity index (χ2v) is 4.06. The first-order valence-corrected chi connectivity index (χ1v) is 4.49. The summed E-state index contributed by atoms with van der Waals surface area (Å²) >= 11 is 0. The predicted molar refractivity (Wildman–Crippen MR) is 39.0 cm³/mol. The van der Waals surface area contributed by atoms with Crippen molar-refractivity contribution < 1.29 is 9.53 Å². The van der Waals surface area contributed by atoms with E-state index in [9.17, 15) is 4.79 Å². The first-order chi connectivity index (χ1) is 5.38. The molecule has 0 amide bonds. The van der Waals surface area contributed by atoms with Crippen molar-refractivity contribution in [2.24, 2.45) is 23.7 Å². The van der Waals surface area contributed by atoms with Gasteiger partial charge in [0, 0.05) is 11.8 Å². The second kappa shape index (κ2) is 1.86. The highest BCUT2D eigenvalue weighted by atomic mass is 16.5. The Balaban J connectivity index is 1.99. The molecule has 0 unspecified atom stereocenters. The van der Waals surface area contributed by atoms with Gasteiger partial charge in [-0.25, -0.2) is 0 Å². The zero-order valence-corrected chi connectivity index (χ0v) is 6.45. The van der Waals surface area contributed by atoms with Crippen molar-refractivity contribution in [2.45, 2.75) is 12.8 Å². The predicted octanol–water partition coefficient (Wildman–Crippen LogP) is 0.858. The number of carbonyl (C=O) groups is 1. The molecule has 3 aliphatic rings. The van der Waals surface area contributed by atoms with Crippen LogP contribution < -0.4 is 0 Å². The molecule has 2 bridgehead atoms. The smallest absolute Gasteiger partial charge is 0.139 e. The summed E-state index contributed by atoms with van der Waals surface area (Å²) in [5.74, 6) is 2.57. The lowest BCUT2D eigenvalue weighted by Gasteiger charge is -2.19. The SMILES string of the molecule is O=C1[C@H]2CC[C@@H]1[C@@H]1COC[C@@H]12. The van der Waals surface area contributed by atoms with Gasteiger partial charge in [-0.3, -0.25) is 4.79 Å². The number of rotatable bonds is 0. The minimum Gasteiger partial charge on any atom is -0.381 e. The van der Waals surface area contributed by atoms with Gasteiger partial charge in [-0.1, -0.05) is 0 Å². The van der Waals surface area contributed by atoms with Crippen LogP contribution in [0.2, 0.25) is 0 Å². The number of Topliss-reactive ketones (excluding diaryl/α,β-unsaturated/α-hetero) is 1. The molecule has 0 aromatic heterocycles. The molecular formula is C9H12O2. The summed E-state index contributed by atoms with van der Waals surface area (Å²) in [7, 11) is 0. The van der Waals surface area contributed by atoms with Crippen molar-refractivity contribution in [1.82, 2.24) is 0 Å². The topological polar surface area (TPSA) is 26.3 Å². The summed E-state index contributed by atoms with van der Waals surface area (Å²) in [4.78, 5) is 11.5. The monoisotopic (exact) mass is 152 g/mol. The Hall–Kier alpha value is -0.370. The maximum absolute atomic E-state index is 11.5. The van der Waals surface area contributed by atoms with Crippen LogP contribution in [-0.2, 0) is 9.53 Å². The molecular weight excluding hydrogens is 140 g/mol. The Bertz CT molecular complexity index is 192. The average Bonchev–Trinajstić information content (AvgIpc) is 2.61. The largest absolute Gasteiger partial charge is 0.381 e. The van der Waals surface area contributed by atoms with Crippen LogP contribution in [-0.4, -0.2) is 19.0 Å². The summed E-state index contributed by atoms with van der Waals surface area (Å²) in [5, 5.41) is 0. The van der Waals surface area contributed by atoms with Gasteiger partial charge in [0.25, 0.3) is 0 Å². The highest BCUT2D eigenvalue weighted by molar-refractivity contribution is 5.88. The van der Waals surface area contributed by atoms with Gasteiger partial charge >= 0.3 is 0 Å². The quantitative estimate of drug-likeness (QED) is 0.514. The van der Waals surface area contributed by atoms with Crippen molar-refractivity contribution in [2.75, 3.05) is 13.2 Å². The van der Waals surface area contributed by atoms with E-state index in [1.807, 2.05) is 0 Å². The maximum atomic E-state index is 11.5. The van der Waals surface area contributed by atoms with Gasteiger partial charge in [-0.05, 0) is 24.7 Å². The first-order valence-electron chi connectivity index (χ1n) is 4.49. The summed E-state index contributed by atoms with van der Waals surface area (Å²) in [6, 6.07) is 0. The number of fused-ring (bicyclic) bond motifs is 5. The van der Waals surface area contributed by atoms with Crippen LogP contribution in [0.3, 0.4) is 0 Å². The Morgan fingerprint density at radius 3 is 2.18 bits per heavy atom. The molecule has 1 saturated heterocycles. The van der Waals surface area contributed by atoms with Crippen LogP contribution in [0.15, 0.2) is 0 Å². The van der Waals surface area contributed by atoms with Gasteiger partial charge < -0.3 is 4.74 Å². The fourth-order valence-corrected chi connectivity index (χ4v) is 3.19. The molecule has 3 rings (SSSR count). The molecule has 2 aliphatic carbocycles. The number of carbonyl (C=O) groups excluding carboxylic acids is 1. The zero-order valence-electron chi connectivity index (χ0n) is 6.45. The van der Waals surface area contributed by atoms with Crippen LogP contribution in [0.4, 0.5) is 0 Å². The van der Waals surface area contributed by atoms with Crippen molar-refractivity contribution >= 4 is 5.78 Å². The first kappa shape index (κ1) is 6.18. The molecule has 1 aliphatic heterocycles. The third kappa shape index (κ3) is 0.598. The van der Waals surface area contributed by atoms with E-state index < -0.39 is 0 Å². The molecule has 4 atom stereocenters. The molecule has 0 spiro atoms. The van der Waals surface area contributed by atoms with E-state index in [1.54, 1.807) is 0 Å². The van der Waals surface area contributed by atoms with Crippen molar-refractivity contribution in [3.63, 3.8) is 0 Å². The third-order valence-electron chi connectivity index (χ3n) is 3.72. The minimum atomic E-state index is 0.396. The molecule has 11 heavy (non-hydrogen) atoms. The van der Waals surface area contributed by atoms with Gasteiger partial charge in [0.05, 0.1) is 13.2 Å². The van der Waals surface area contributed by atoms with Crippen LogP contribution in [0.25, 0.3) is 0 Å². The molecule has 3 fully saturated rings. The Labute approximate surface area is 65.9 Å². The van der Waals surface area contributed by atoms with Crippen molar-refractivity contribution in [1.29, 1.82) is 0 Å². The summed E-state index contributed by atoms with van der Waals surface area (Å²) in [5.41, 5.74) is 0. The molecule has 0 aromatic carbocycles. The van der Waals surface area contributed by atoms with E-state index in [1.165, 1.54) is 0 Å². The van der Waals surface area contributed by atoms with Gasteiger partial charge in [-0.2, -0.15) is 0 Å². The van der Waals surface area contributed by atoms with E-state index in [-0.39, 0.29) is 0 Å². The van der Waals surface area contributed by atoms with E-state index in [4.69, 9.17) is 4.74 Å². The zero-order chi connectivity index (χ0) is 7.42. The van der Waals surface area contributed by atoms with Crippen LogP contribution in [0.1, 0.15) is 12.8 Å². The molecule has 1 heterocycles. The maximum Gasteiger partial charge on any atom is 0.139 e. The Morgan fingerprint density at radius 2 is 1.64 bits per heavy atom. The summed E-state index contributed by atoms with van der Waals surface area (Å²) < 4.78 is 5.39. The van der Waals surface area contributed by atoms with Gasteiger partial charge in [0.1, 0.15) is 5.78 Å². The number of hydrogen-bond acceptors (Lipinski definition) is 2. The third-order valence-corrected chi connectivity index (χ3v) is 3.72. The molecule has 2 heteroatoms. The Kier molecular flexibility index (Phi) is 1.05. The minimum absolute atomic E-state index is 0.396. The van der Waals surface area contributed by atoms with E-state index in [0.717, 1.165) is 26.1 Å². The van der Waals surface area contributed by atoms with Crippen molar-refractivity contribution in [3.8, 4) is 0 Å². The lowest BCUT2D eigenvalue weighted by atomic mass is 9.82. The van der Waals surface area contributed by atoms with E-state index >= 15 is 0 Å². The molecule has 0 aromatic rings. The lowest BCUT2D eigenvalue weighted by Crippen LogP contribution is -2.19. The molecule has 0 N–H and O–H groups in total. The summed E-state index contributed by atoms with van der Waals surface area (Å²) in [6.07, 6.45) is 2.29. The van der Waals surface area contributed by atoms with Gasteiger partial charge in [0.2, 0.25) is 0 Å². The number of hydrogen-bond donors (Lipinski definition) is 0. The number of ketones is 1. The summed E-state index contributed by atoms with van der Waals surface area (Å²) in [6.45, 7) is 1.72. The molecule has 2 saturated carbocycles. The Morgan fingerprint density at radius 1 is 1.09 bits per heavy atom. The average molecular weight is 152 g/mol.